The van der Waals surface area contributed by atoms with E-state index in [2.05, 4.69) is 15.3 Å². The lowest BCUT2D eigenvalue weighted by molar-refractivity contribution is -0.174. The summed E-state index contributed by atoms with van der Waals surface area (Å²) < 4.78 is 36.4. The normalized spacial score (nSPS) is 15.3. The van der Waals surface area contributed by atoms with E-state index in [-0.39, 0.29) is 11.1 Å². The number of amides is 2. The number of carbonyl (C=O) groups is 2. The monoisotopic (exact) mass is 393 g/mol. The van der Waals surface area contributed by atoms with E-state index >= 15 is 0 Å². The molecule has 1 heterocycles. The summed E-state index contributed by atoms with van der Waals surface area (Å²) in [5, 5.41) is 3.29. The summed E-state index contributed by atoms with van der Waals surface area (Å²) in [4.78, 5) is 30.6. The van der Waals surface area contributed by atoms with E-state index in [0.717, 1.165) is 30.4 Å². The number of halogens is 3. The molecule has 1 fully saturated rings. The van der Waals surface area contributed by atoms with Crippen molar-refractivity contribution in [2.45, 2.75) is 37.9 Å². The van der Waals surface area contributed by atoms with E-state index in [1.54, 1.807) is 5.43 Å². The summed E-state index contributed by atoms with van der Waals surface area (Å²) in [5.74, 6) is -2.93. The fraction of sp³-hybridized carbons (Fsp3) is 0.333. The lowest BCUT2D eigenvalue weighted by atomic mass is 9.72. The maximum absolute atomic E-state index is 12.1. The van der Waals surface area contributed by atoms with Crippen molar-refractivity contribution in [2.75, 3.05) is 5.32 Å². The van der Waals surface area contributed by atoms with Crippen LogP contribution in [-0.4, -0.2) is 28.0 Å². The predicted octanol–water partition coefficient (Wildman–Crippen LogP) is 2.60. The lowest BCUT2D eigenvalue weighted by Gasteiger charge is -2.43. The summed E-state index contributed by atoms with van der Waals surface area (Å²) in [6.07, 6.45) is 0.124. The number of alkyl halides is 3. The van der Waals surface area contributed by atoms with Crippen molar-refractivity contribution in [2.24, 2.45) is 0 Å². The molecule has 0 atom stereocenters. The zero-order valence-corrected chi connectivity index (χ0v) is 14.9. The van der Waals surface area contributed by atoms with Gasteiger partial charge < -0.3 is 5.32 Å². The van der Waals surface area contributed by atoms with Gasteiger partial charge in [0.25, 0.3) is 5.91 Å². The Labute approximate surface area is 158 Å². The van der Waals surface area contributed by atoms with Crippen LogP contribution in [0, 0.1) is 6.92 Å². The topological polar surface area (TPSA) is 96.0 Å². The molecule has 28 heavy (non-hydrogen) atoms. The molecule has 1 aromatic carbocycles. The van der Waals surface area contributed by atoms with Crippen LogP contribution >= 0.6 is 0 Å². The highest BCUT2D eigenvalue weighted by atomic mass is 19.4. The molecular formula is C18H18F3N5O2. The molecule has 1 aliphatic carbocycles. The van der Waals surface area contributed by atoms with E-state index in [1.807, 2.05) is 31.2 Å². The van der Waals surface area contributed by atoms with E-state index in [9.17, 15) is 22.8 Å². The van der Waals surface area contributed by atoms with Crippen molar-refractivity contribution in [3.05, 3.63) is 53.3 Å². The smallest absolute Gasteiger partial charge is 0.345 e. The molecule has 0 radical (unpaired) electrons. The van der Waals surface area contributed by atoms with Crippen molar-refractivity contribution < 1.29 is 22.8 Å². The summed E-state index contributed by atoms with van der Waals surface area (Å²) in [6, 6.07) is 8.15. The molecule has 1 aromatic heterocycles. The van der Waals surface area contributed by atoms with Gasteiger partial charge in [-0.2, -0.15) is 13.2 Å². The molecule has 2 aromatic rings. The number of nitrogens with zero attached hydrogens (tertiary/aromatic N) is 2. The third-order valence-corrected chi connectivity index (χ3v) is 4.62. The summed E-state index contributed by atoms with van der Waals surface area (Å²) in [6.45, 7) is 2.01. The van der Waals surface area contributed by atoms with Crippen LogP contribution < -0.4 is 16.2 Å². The van der Waals surface area contributed by atoms with Crippen LogP contribution in [0.1, 0.15) is 40.7 Å². The van der Waals surface area contributed by atoms with Gasteiger partial charge in [-0.05, 0) is 31.7 Å². The number of benzene rings is 1. The van der Waals surface area contributed by atoms with E-state index in [1.165, 1.54) is 17.8 Å². The minimum atomic E-state index is -5.09. The Morgan fingerprint density at radius 2 is 1.64 bits per heavy atom. The van der Waals surface area contributed by atoms with Crippen molar-refractivity contribution in [1.82, 2.24) is 20.8 Å². The Balaban J connectivity index is 1.65. The Hall–Kier alpha value is -3.17. The molecular weight excluding hydrogens is 375 g/mol. The van der Waals surface area contributed by atoms with Gasteiger partial charge in [0.2, 0.25) is 5.95 Å². The first-order chi connectivity index (χ1) is 13.2. The number of rotatable bonds is 4. The third kappa shape index (κ3) is 4.21. The average Bonchev–Trinajstić information content (AvgIpc) is 2.63. The van der Waals surface area contributed by atoms with E-state index in [0.29, 0.717) is 5.95 Å². The number of hydrogen-bond acceptors (Lipinski definition) is 5. The third-order valence-electron chi connectivity index (χ3n) is 4.62. The summed E-state index contributed by atoms with van der Waals surface area (Å²) in [5.41, 5.74) is 4.85. The molecule has 2 amide bonds. The maximum Gasteiger partial charge on any atom is 0.472 e. The number of hydrogen-bond donors (Lipinski definition) is 3. The molecule has 10 heteroatoms. The fourth-order valence-corrected chi connectivity index (χ4v) is 2.87. The first-order valence-electron chi connectivity index (χ1n) is 8.54. The quantitative estimate of drug-likeness (QED) is 0.694. The number of aryl methyl sites for hydroxylation is 1. The van der Waals surface area contributed by atoms with Crippen LogP contribution in [-0.2, 0) is 10.3 Å². The lowest BCUT2D eigenvalue weighted by Crippen LogP contribution is -2.47. The van der Waals surface area contributed by atoms with Crippen LogP contribution in [0.3, 0.4) is 0 Å². The Kier molecular flexibility index (Phi) is 5.21. The van der Waals surface area contributed by atoms with Crippen LogP contribution in [0.25, 0.3) is 0 Å². The first kappa shape index (κ1) is 19.6. The van der Waals surface area contributed by atoms with Gasteiger partial charge in [-0.25, -0.2) is 9.97 Å². The van der Waals surface area contributed by atoms with Gasteiger partial charge >= 0.3 is 12.1 Å². The largest absolute Gasteiger partial charge is 0.472 e. The maximum atomic E-state index is 12.1. The van der Waals surface area contributed by atoms with Gasteiger partial charge in [-0.15, -0.1) is 0 Å². The molecule has 3 N–H and O–H groups in total. The predicted molar refractivity (Wildman–Crippen MR) is 94.0 cm³/mol. The van der Waals surface area contributed by atoms with Gasteiger partial charge in [-0.3, -0.25) is 20.4 Å². The fourth-order valence-electron chi connectivity index (χ4n) is 2.87. The molecule has 148 valence electrons. The molecule has 0 unspecified atom stereocenters. The summed E-state index contributed by atoms with van der Waals surface area (Å²) >= 11 is 0. The molecule has 0 bridgehead atoms. The molecule has 1 aliphatic rings. The van der Waals surface area contributed by atoms with Gasteiger partial charge in [0, 0.05) is 12.4 Å². The minimum absolute atomic E-state index is 0.0916. The van der Waals surface area contributed by atoms with Crippen LogP contribution in [0.2, 0.25) is 0 Å². The first-order valence-corrected chi connectivity index (χ1v) is 8.54. The molecule has 0 spiro atoms. The molecule has 1 saturated carbocycles. The highest BCUT2D eigenvalue weighted by molar-refractivity contribution is 5.95. The molecule has 7 nitrogen and oxygen atoms in total. The molecule has 0 aliphatic heterocycles. The Bertz CT molecular complexity index is 862. The molecule has 0 saturated heterocycles. The number of carbonyl (C=O) groups excluding carboxylic acids is 2. The highest BCUT2D eigenvalue weighted by Crippen LogP contribution is 2.43. The number of nitrogens with one attached hydrogen (secondary N) is 3. The van der Waals surface area contributed by atoms with Crippen molar-refractivity contribution >= 4 is 17.8 Å². The van der Waals surface area contributed by atoms with Crippen molar-refractivity contribution in [1.29, 1.82) is 0 Å². The van der Waals surface area contributed by atoms with E-state index in [4.69, 9.17) is 0 Å². The SMILES string of the molecule is Cc1ccc(C2(Nc3ncc(C(=O)NNC(=O)C(F)(F)F)cn3)CCC2)cc1. The Morgan fingerprint density at radius 3 is 2.14 bits per heavy atom. The number of anilines is 1. The summed E-state index contributed by atoms with van der Waals surface area (Å²) in [7, 11) is 0. The second-order valence-corrected chi connectivity index (χ2v) is 6.63. The van der Waals surface area contributed by atoms with Gasteiger partial charge in [0.1, 0.15) is 0 Å². The Morgan fingerprint density at radius 1 is 1.04 bits per heavy atom. The highest BCUT2D eigenvalue weighted by Gasteiger charge is 2.40. The number of hydrazine groups is 1. The zero-order valence-electron chi connectivity index (χ0n) is 14.9. The second kappa shape index (κ2) is 7.45. The minimum Gasteiger partial charge on any atom is -0.345 e. The standard InChI is InChI=1S/C18H18F3N5O2/c1-11-3-5-13(6-4-11)17(7-2-8-17)24-16-22-9-12(10-23-16)14(27)25-26-15(28)18(19,20)21/h3-6,9-10H,2,7-8H2,1H3,(H,25,27)(H,26,28)(H,22,23,24). The molecule has 3 rings (SSSR count). The van der Waals surface area contributed by atoms with Crippen LogP contribution in [0.5, 0.6) is 0 Å². The van der Waals surface area contributed by atoms with Gasteiger partial charge in [0.05, 0.1) is 11.1 Å². The number of aromatic nitrogens is 2. The average molecular weight is 393 g/mol. The van der Waals surface area contributed by atoms with Crippen LogP contribution in [0.15, 0.2) is 36.7 Å². The second-order valence-electron chi connectivity index (χ2n) is 6.63. The van der Waals surface area contributed by atoms with E-state index < -0.39 is 18.0 Å². The van der Waals surface area contributed by atoms with Crippen LogP contribution in [0.4, 0.5) is 19.1 Å². The van der Waals surface area contributed by atoms with Gasteiger partial charge in [-0.1, -0.05) is 29.8 Å². The van der Waals surface area contributed by atoms with Crippen molar-refractivity contribution in [3.8, 4) is 0 Å². The van der Waals surface area contributed by atoms with Gasteiger partial charge in [0.15, 0.2) is 0 Å². The zero-order chi connectivity index (χ0) is 20.4. The van der Waals surface area contributed by atoms with Crippen molar-refractivity contribution in [3.63, 3.8) is 0 Å².